The van der Waals surface area contributed by atoms with Crippen LogP contribution in [0.5, 0.6) is 0 Å². The first kappa shape index (κ1) is 9.86. The number of carbonyl (C=O) groups excluding carboxylic acids is 1. The van der Waals surface area contributed by atoms with Gasteiger partial charge in [-0.05, 0) is 35.0 Å². The van der Waals surface area contributed by atoms with E-state index in [9.17, 15) is 9.18 Å². The molecule has 0 fully saturated rings. The van der Waals surface area contributed by atoms with Gasteiger partial charge in [-0.1, -0.05) is 15.9 Å². The van der Waals surface area contributed by atoms with E-state index in [0.29, 0.717) is 10.0 Å². The van der Waals surface area contributed by atoms with Crippen LogP contribution < -0.4 is 0 Å². The summed E-state index contributed by atoms with van der Waals surface area (Å²) in [4.78, 5) is 11.0. The van der Waals surface area contributed by atoms with Crippen molar-refractivity contribution in [3.8, 4) is 0 Å². The molecule has 1 aromatic rings. The highest BCUT2D eigenvalue weighted by atomic mass is 79.9. The molecule has 0 saturated heterocycles. The van der Waals surface area contributed by atoms with Crippen LogP contribution >= 0.6 is 31.9 Å². The summed E-state index contributed by atoms with van der Waals surface area (Å²) >= 11 is 6.10. The van der Waals surface area contributed by atoms with Crippen molar-refractivity contribution in [3.63, 3.8) is 0 Å². The normalized spacial score (nSPS) is 10.0. The summed E-state index contributed by atoms with van der Waals surface area (Å²) in [6, 6.07) is 2.88. The van der Waals surface area contributed by atoms with Crippen LogP contribution in [0.3, 0.4) is 0 Å². The Labute approximate surface area is 86.2 Å². The van der Waals surface area contributed by atoms with Crippen LogP contribution in [-0.4, -0.2) is 5.78 Å². The molecule has 0 N–H and O–H groups in total. The van der Waals surface area contributed by atoms with Gasteiger partial charge in [-0.2, -0.15) is 0 Å². The number of carbonyl (C=O) groups is 1. The molecule has 0 spiro atoms. The topological polar surface area (TPSA) is 17.1 Å². The molecule has 0 saturated carbocycles. The first-order valence-corrected chi connectivity index (χ1v) is 4.76. The van der Waals surface area contributed by atoms with Crippen molar-refractivity contribution in [2.75, 3.05) is 0 Å². The van der Waals surface area contributed by atoms with Crippen molar-refractivity contribution in [1.29, 1.82) is 0 Å². The molecule has 1 rings (SSSR count). The maximum Gasteiger partial charge on any atom is 0.161 e. The molecule has 0 radical (unpaired) electrons. The SMILES string of the molecule is CC(=O)c1cc(Br)cc(F)c1Br. The Morgan fingerprint density at radius 2 is 2.00 bits per heavy atom. The quantitative estimate of drug-likeness (QED) is 0.572. The van der Waals surface area contributed by atoms with Gasteiger partial charge in [0.15, 0.2) is 5.78 Å². The van der Waals surface area contributed by atoms with Crippen molar-refractivity contribution in [1.82, 2.24) is 0 Å². The number of halogens is 3. The predicted molar refractivity (Wildman–Crippen MR) is 51.8 cm³/mol. The molecule has 1 aromatic carbocycles. The standard InChI is InChI=1S/C8H5Br2FO/c1-4(12)6-2-5(9)3-7(11)8(6)10/h2-3H,1H3. The zero-order valence-corrected chi connectivity index (χ0v) is 9.37. The third kappa shape index (κ3) is 1.93. The highest BCUT2D eigenvalue weighted by Crippen LogP contribution is 2.25. The van der Waals surface area contributed by atoms with Crippen molar-refractivity contribution < 1.29 is 9.18 Å². The third-order valence-corrected chi connectivity index (χ3v) is 2.64. The maximum absolute atomic E-state index is 13.0. The van der Waals surface area contributed by atoms with E-state index >= 15 is 0 Å². The largest absolute Gasteiger partial charge is 0.294 e. The molecule has 0 aliphatic heterocycles. The van der Waals surface area contributed by atoms with Gasteiger partial charge in [0.25, 0.3) is 0 Å². The minimum Gasteiger partial charge on any atom is -0.294 e. The number of ketones is 1. The van der Waals surface area contributed by atoms with Crippen LogP contribution in [0, 0.1) is 5.82 Å². The van der Waals surface area contributed by atoms with Crippen LogP contribution in [0.1, 0.15) is 17.3 Å². The fourth-order valence-electron chi connectivity index (χ4n) is 0.812. The van der Waals surface area contributed by atoms with Crippen LogP contribution in [0.25, 0.3) is 0 Å². The van der Waals surface area contributed by atoms with Gasteiger partial charge >= 0.3 is 0 Å². The molecule has 0 amide bonds. The van der Waals surface area contributed by atoms with E-state index < -0.39 is 5.82 Å². The Kier molecular flexibility index (Phi) is 3.01. The Morgan fingerprint density at radius 1 is 1.42 bits per heavy atom. The molecule has 0 unspecified atom stereocenters. The van der Waals surface area contributed by atoms with E-state index in [1.54, 1.807) is 6.07 Å². The van der Waals surface area contributed by atoms with Gasteiger partial charge in [-0.25, -0.2) is 4.39 Å². The van der Waals surface area contributed by atoms with Crippen molar-refractivity contribution in [2.45, 2.75) is 6.92 Å². The van der Waals surface area contributed by atoms with E-state index in [1.165, 1.54) is 13.0 Å². The van der Waals surface area contributed by atoms with E-state index in [1.807, 2.05) is 0 Å². The van der Waals surface area contributed by atoms with Crippen LogP contribution in [-0.2, 0) is 0 Å². The molecule has 1 nitrogen and oxygen atoms in total. The average Bonchev–Trinajstić information content (AvgIpc) is 1.96. The van der Waals surface area contributed by atoms with E-state index in [2.05, 4.69) is 31.9 Å². The van der Waals surface area contributed by atoms with Gasteiger partial charge in [-0.3, -0.25) is 4.79 Å². The molecule has 0 heterocycles. The summed E-state index contributed by atoms with van der Waals surface area (Å²) in [6.07, 6.45) is 0. The number of Topliss-reactive ketones (excluding diaryl/α,β-unsaturated/α-hetero) is 1. The summed E-state index contributed by atoms with van der Waals surface area (Å²) in [5, 5.41) is 0. The Bertz CT molecular complexity index is 336. The summed E-state index contributed by atoms with van der Waals surface area (Å²) in [7, 11) is 0. The smallest absolute Gasteiger partial charge is 0.161 e. The van der Waals surface area contributed by atoms with Crippen molar-refractivity contribution in [2.24, 2.45) is 0 Å². The Balaban J connectivity index is 3.37. The lowest BCUT2D eigenvalue weighted by atomic mass is 10.1. The van der Waals surface area contributed by atoms with Crippen LogP contribution in [0.2, 0.25) is 0 Å². The molecule has 0 bridgehead atoms. The number of hydrogen-bond acceptors (Lipinski definition) is 1. The summed E-state index contributed by atoms with van der Waals surface area (Å²) in [6.45, 7) is 1.39. The van der Waals surface area contributed by atoms with Gasteiger partial charge in [0.2, 0.25) is 0 Å². The first-order valence-electron chi connectivity index (χ1n) is 3.18. The van der Waals surface area contributed by atoms with Gasteiger partial charge in [-0.15, -0.1) is 0 Å². The fourth-order valence-corrected chi connectivity index (χ4v) is 1.75. The molecule has 0 aromatic heterocycles. The van der Waals surface area contributed by atoms with Gasteiger partial charge in [0, 0.05) is 10.0 Å². The Morgan fingerprint density at radius 3 is 2.50 bits per heavy atom. The second-order valence-electron chi connectivity index (χ2n) is 2.31. The van der Waals surface area contributed by atoms with Crippen LogP contribution in [0.15, 0.2) is 21.1 Å². The Hall–Kier alpha value is -0.220. The minimum atomic E-state index is -0.436. The molecule has 64 valence electrons. The number of benzene rings is 1. The van der Waals surface area contributed by atoms with E-state index in [0.717, 1.165) is 0 Å². The zero-order valence-electron chi connectivity index (χ0n) is 6.20. The second-order valence-corrected chi connectivity index (χ2v) is 4.01. The monoisotopic (exact) mass is 294 g/mol. The lowest BCUT2D eigenvalue weighted by molar-refractivity contribution is 0.101. The van der Waals surface area contributed by atoms with Crippen molar-refractivity contribution >= 4 is 37.6 Å². The maximum atomic E-state index is 13.0. The van der Waals surface area contributed by atoms with Crippen LogP contribution in [0.4, 0.5) is 4.39 Å². The second kappa shape index (κ2) is 3.66. The molecule has 0 aliphatic carbocycles. The molecular weight excluding hydrogens is 291 g/mol. The van der Waals surface area contributed by atoms with Gasteiger partial charge in [0.05, 0.1) is 4.47 Å². The lowest BCUT2D eigenvalue weighted by Gasteiger charge is -2.01. The molecule has 0 atom stereocenters. The summed E-state index contributed by atoms with van der Waals surface area (Å²) < 4.78 is 13.8. The third-order valence-electron chi connectivity index (χ3n) is 1.37. The van der Waals surface area contributed by atoms with E-state index in [-0.39, 0.29) is 10.3 Å². The average molecular weight is 296 g/mol. The summed E-state index contributed by atoms with van der Waals surface area (Å²) in [5.74, 6) is -0.600. The molecule has 0 aliphatic rings. The molecule has 4 heteroatoms. The molecule has 12 heavy (non-hydrogen) atoms. The lowest BCUT2D eigenvalue weighted by Crippen LogP contribution is -1.95. The predicted octanol–water partition coefficient (Wildman–Crippen LogP) is 3.55. The van der Waals surface area contributed by atoms with Gasteiger partial charge < -0.3 is 0 Å². The minimum absolute atomic E-state index is 0.165. The van der Waals surface area contributed by atoms with Gasteiger partial charge in [0.1, 0.15) is 5.82 Å². The first-order chi connectivity index (χ1) is 5.52. The fraction of sp³-hybridized carbons (Fsp3) is 0.125. The zero-order chi connectivity index (χ0) is 9.30. The molecular formula is C8H5Br2FO. The highest BCUT2D eigenvalue weighted by molar-refractivity contribution is 9.11. The van der Waals surface area contributed by atoms with Crippen molar-refractivity contribution in [3.05, 3.63) is 32.5 Å². The highest BCUT2D eigenvalue weighted by Gasteiger charge is 2.10. The number of rotatable bonds is 1. The van der Waals surface area contributed by atoms with E-state index in [4.69, 9.17) is 0 Å². The summed E-state index contributed by atoms with van der Waals surface area (Å²) in [5.41, 5.74) is 0.349. The number of hydrogen-bond donors (Lipinski definition) is 0.